The van der Waals surface area contributed by atoms with Crippen LogP contribution in [0.25, 0.3) is 12.2 Å². The largest absolute Gasteiger partial charge is 0.454 e. The minimum atomic E-state index is 0.317. The number of rotatable bonds is 2. The molecule has 0 aliphatic carbocycles. The van der Waals surface area contributed by atoms with Gasteiger partial charge in [-0.3, -0.25) is 0 Å². The summed E-state index contributed by atoms with van der Waals surface area (Å²) in [6, 6.07) is 10.1. The molecule has 1 aromatic heterocycles. The summed E-state index contributed by atoms with van der Waals surface area (Å²) in [5.41, 5.74) is 2.28. The predicted molar refractivity (Wildman–Crippen MR) is 69.1 cm³/mol. The highest BCUT2D eigenvalue weighted by Crippen LogP contribution is 2.32. The quantitative estimate of drug-likeness (QED) is 0.752. The molecule has 1 aromatic carbocycles. The standard InChI is InChI=1S/C15H14NO2/c1-16-8-6-12(7-9-16)2-3-13-4-5-14-15(10-13)18-11-17-14/h2-10H,11H2,1H3/q+1. The lowest BCUT2D eigenvalue weighted by Crippen LogP contribution is -2.25. The SMILES string of the molecule is C[n+]1ccc(C=Cc2ccc3c(c2)OCO3)cc1. The first-order valence-corrected chi connectivity index (χ1v) is 5.84. The molecule has 0 saturated heterocycles. The van der Waals surface area contributed by atoms with Gasteiger partial charge >= 0.3 is 0 Å². The van der Waals surface area contributed by atoms with Gasteiger partial charge < -0.3 is 9.47 Å². The number of hydrogen-bond acceptors (Lipinski definition) is 2. The Kier molecular flexibility index (Phi) is 2.73. The van der Waals surface area contributed by atoms with Crippen molar-refractivity contribution in [3.8, 4) is 11.5 Å². The lowest BCUT2D eigenvalue weighted by atomic mass is 10.1. The van der Waals surface area contributed by atoms with Gasteiger partial charge in [-0.25, -0.2) is 4.57 Å². The van der Waals surface area contributed by atoms with Gasteiger partial charge in [0.1, 0.15) is 7.05 Å². The Balaban J connectivity index is 1.82. The van der Waals surface area contributed by atoms with E-state index in [9.17, 15) is 0 Å². The first kappa shape index (κ1) is 10.8. The average Bonchev–Trinajstić information content (AvgIpc) is 2.85. The van der Waals surface area contributed by atoms with Crippen LogP contribution >= 0.6 is 0 Å². The van der Waals surface area contributed by atoms with Crippen LogP contribution in [-0.4, -0.2) is 6.79 Å². The van der Waals surface area contributed by atoms with Gasteiger partial charge in [0.15, 0.2) is 23.9 Å². The molecule has 2 heterocycles. The first-order chi connectivity index (χ1) is 8.81. The summed E-state index contributed by atoms with van der Waals surface area (Å²) in [5, 5.41) is 0. The zero-order valence-corrected chi connectivity index (χ0v) is 10.2. The number of hydrogen-bond donors (Lipinski definition) is 0. The molecule has 90 valence electrons. The Morgan fingerprint density at radius 3 is 2.50 bits per heavy atom. The molecule has 0 atom stereocenters. The van der Waals surface area contributed by atoms with Crippen LogP contribution in [0.3, 0.4) is 0 Å². The topological polar surface area (TPSA) is 22.3 Å². The van der Waals surface area contributed by atoms with Crippen molar-refractivity contribution >= 4 is 12.2 Å². The molecule has 0 amide bonds. The van der Waals surface area contributed by atoms with Crippen molar-refractivity contribution in [3.05, 3.63) is 53.9 Å². The molecule has 0 bridgehead atoms. The minimum absolute atomic E-state index is 0.317. The molecule has 1 aliphatic rings. The van der Waals surface area contributed by atoms with Gasteiger partial charge in [0.05, 0.1) is 0 Å². The molecule has 0 fully saturated rings. The van der Waals surface area contributed by atoms with E-state index >= 15 is 0 Å². The number of aryl methyl sites for hydroxylation is 1. The number of nitrogens with zero attached hydrogens (tertiary/aromatic N) is 1. The number of pyridine rings is 1. The third-order valence-corrected chi connectivity index (χ3v) is 2.87. The summed E-state index contributed by atoms with van der Waals surface area (Å²) in [6.45, 7) is 0.317. The van der Waals surface area contributed by atoms with Gasteiger partial charge in [-0.15, -0.1) is 0 Å². The number of fused-ring (bicyclic) bond motifs is 1. The summed E-state index contributed by atoms with van der Waals surface area (Å²) in [4.78, 5) is 0. The van der Waals surface area contributed by atoms with E-state index in [0.717, 1.165) is 17.1 Å². The van der Waals surface area contributed by atoms with Crippen LogP contribution in [0.5, 0.6) is 11.5 Å². The van der Waals surface area contributed by atoms with Gasteiger partial charge in [-0.05, 0) is 23.3 Å². The van der Waals surface area contributed by atoms with Gasteiger partial charge in [0, 0.05) is 12.1 Å². The Hall–Kier alpha value is -2.29. The summed E-state index contributed by atoms with van der Waals surface area (Å²) >= 11 is 0. The van der Waals surface area contributed by atoms with Crippen molar-refractivity contribution in [2.75, 3.05) is 6.79 Å². The number of ether oxygens (including phenoxy) is 2. The van der Waals surface area contributed by atoms with E-state index in [1.54, 1.807) is 0 Å². The first-order valence-electron chi connectivity index (χ1n) is 5.84. The van der Waals surface area contributed by atoms with Crippen LogP contribution in [0, 0.1) is 0 Å². The van der Waals surface area contributed by atoms with Gasteiger partial charge in [-0.1, -0.05) is 18.2 Å². The van der Waals surface area contributed by atoms with Crippen molar-refractivity contribution in [2.45, 2.75) is 0 Å². The molecule has 18 heavy (non-hydrogen) atoms. The predicted octanol–water partition coefficient (Wildman–Crippen LogP) is 2.41. The molecule has 1 aliphatic heterocycles. The van der Waals surface area contributed by atoms with E-state index in [-0.39, 0.29) is 0 Å². The zero-order valence-electron chi connectivity index (χ0n) is 10.2. The highest BCUT2D eigenvalue weighted by atomic mass is 16.7. The lowest BCUT2D eigenvalue weighted by molar-refractivity contribution is -0.671. The van der Waals surface area contributed by atoms with Gasteiger partial charge in [-0.2, -0.15) is 0 Å². The third-order valence-electron chi connectivity index (χ3n) is 2.87. The Bertz CT molecular complexity index is 588. The summed E-state index contributed by atoms with van der Waals surface area (Å²) < 4.78 is 12.6. The lowest BCUT2D eigenvalue weighted by Gasteiger charge is -1.97. The highest BCUT2D eigenvalue weighted by molar-refractivity contribution is 5.70. The fourth-order valence-electron chi connectivity index (χ4n) is 1.83. The fraction of sp³-hybridized carbons (Fsp3) is 0.133. The molecule has 3 heteroatoms. The normalized spacial score (nSPS) is 13.2. The summed E-state index contributed by atoms with van der Waals surface area (Å²) in [6.07, 6.45) is 8.20. The van der Waals surface area contributed by atoms with Crippen molar-refractivity contribution in [1.82, 2.24) is 0 Å². The van der Waals surface area contributed by atoms with E-state index in [1.807, 2.05) is 42.2 Å². The maximum atomic E-state index is 5.35. The van der Waals surface area contributed by atoms with Crippen molar-refractivity contribution in [1.29, 1.82) is 0 Å². The Morgan fingerprint density at radius 1 is 0.944 bits per heavy atom. The maximum absolute atomic E-state index is 5.35. The van der Waals surface area contributed by atoms with Crippen LogP contribution in [0.1, 0.15) is 11.1 Å². The molecule has 0 spiro atoms. The smallest absolute Gasteiger partial charge is 0.231 e. The summed E-state index contributed by atoms with van der Waals surface area (Å²) in [7, 11) is 2.01. The second-order valence-corrected chi connectivity index (χ2v) is 4.24. The third kappa shape index (κ3) is 2.20. The maximum Gasteiger partial charge on any atom is 0.231 e. The zero-order chi connectivity index (χ0) is 12.4. The van der Waals surface area contributed by atoms with Crippen molar-refractivity contribution < 1.29 is 14.0 Å². The molecule has 0 N–H and O–H groups in total. The van der Waals surface area contributed by atoms with Crippen molar-refractivity contribution in [3.63, 3.8) is 0 Å². The Labute approximate surface area is 106 Å². The molecule has 0 radical (unpaired) electrons. The van der Waals surface area contributed by atoms with Crippen LogP contribution in [0.4, 0.5) is 0 Å². The molecule has 3 nitrogen and oxygen atoms in total. The second kappa shape index (κ2) is 4.53. The number of benzene rings is 1. The second-order valence-electron chi connectivity index (χ2n) is 4.24. The molecule has 0 saturated carbocycles. The van der Waals surface area contributed by atoms with Gasteiger partial charge in [0.2, 0.25) is 6.79 Å². The highest BCUT2D eigenvalue weighted by Gasteiger charge is 2.11. The van der Waals surface area contributed by atoms with E-state index in [4.69, 9.17) is 9.47 Å². The van der Waals surface area contributed by atoms with Gasteiger partial charge in [0.25, 0.3) is 0 Å². The van der Waals surface area contributed by atoms with E-state index in [2.05, 4.69) is 24.3 Å². The summed E-state index contributed by atoms with van der Waals surface area (Å²) in [5.74, 6) is 1.63. The number of aromatic nitrogens is 1. The van der Waals surface area contributed by atoms with E-state index in [0.29, 0.717) is 6.79 Å². The molecule has 0 unspecified atom stereocenters. The monoisotopic (exact) mass is 240 g/mol. The van der Waals surface area contributed by atoms with Crippen LogP contribution in [-0.2, 0) is 7.05 Å². The van der Waals surface area contributed by atoms with Crippen LogP contribution in [0.2, 0.25) is 0 Å². The molecular formula is C15H14NO2+. The van der Waals surface area contributed by atoms with E-state index in [1.165, 1.54) is 5.56 Å². The molecule has 2 aromatic rings. The molecular weight excluding hydrogens is 226 g/mol. The Morgan fingerprint density at radius 2 is 1.67 bits per heavy atom. The fourth-order valence-corrected chi connectivity index (χ4v) is 1.83. The molecule has 3 rings (SSSR count). The van der Waals surface area contributed by atoms with Crippen molar-refractivity contribution in [2.24, 2.45) is 7.05 Å². The average molecular weight is 240 g/mol. The minimum Gasteiger partial charge on any atom is -0.454 e. The van der Waals surface area contributed by atoms with Crippen LogP contribution in [0.15, 0.2) is 42.7 Å². The van der Waals surface area contributed by atoms with E-state index < -0.39 is 0 Å². The van der Waals surface area contributed by atoms with Crippen LogP contribution < -0.4 is 14.0 Å².